The van der Waals surface area contributed by atoms with Crippen molar-refractivity contribution in [2.24, 2.45) is 0 Å². The molecule has 0 aliphatic heterocycles. The van der Waals surface area contributed by atoms with Crippen LogP contribution in [0.1, 0.15) is 13.8 Å². The van der Waals surface area contributed by atoms with Gasteiger partial charge < -0.3 is 15.0 Å². The summed E-state index contributed by atoms with van der Waals surface area (Å²) in [6.45, 7) is 4.00. The molecule has 6 nitrogen and oxygen atoms in total. The van der Waals surface area contributed by atoms with Gasteiger partial charge >= 0.3 is 0 Å². The molecule has 4 aromatic rings. The predicted octanol–water partition coefficient (Wildman–Crippen LogP) is 5.55. The topological polar surface area (TPSA) is 79.9 Å². The van der Waals surface area contributed by atoms with E-state index in [0.29, 0.717) is 40.3 Å². The molecular weight excluding hydrogens is 400 g/mol. The molecule has 2 aromatic heterocycles. The number of halogens is 1. The Morgan fingerprint density at radius 1 is 1.10 bits per heavy atom. The van der Waals surface area contributed by atoms with Gasteiger partial charge in [-0.15, -0.1) is 0 Å². The Hall–Kier alpha value is -3.22. The van der Waals surface area contributed by atoms with Crippen molar-refractivity contribution in [2.45, 2.75) is 20.0 Å². The highest BCUT2D eigenvalue weighted by molar-refractivity contribution is 6.33. The maximum Gasteiger partial charge on any atom is 0.211 e. The lowest BCUT2D eigenvalue weighted by atomic mass is 10.1. The molecule has 4 rings (SSSR count). The zero-order chi connectivity index (χ0) is 21.5. The van der Waals surface area contributed by atoms with Crippen LogP contribution in [0.25, 0.3) is 33.7 Å². The zero-order valence-corrected chi connectivity index (χ0v) is 17.8. The van der Waals surface area contributed by atoms with E-state index in [1.54, 1.807) is 31.5 Å². The molecule has 0 aliphatic carbocycles. The summed E-state index contributed by atoms with van der Waals surface area (Å²) in [7, 11) is 1.70. The Labute approximate surface area is 180 Å². The number of aromatic amines is 1. The van der Waals surface area contributed by atoms with Gasteiger partial charge in [0.1, 0.15) is 5.82 Å². The summed E-state index contributed by atoms with van der Waals surface area (Å²) in [5.74, 6) is 0.604. The molecule has 0 atom stereocenters. The Morgan fingerprint density at radius 2 is 1.83 bits per heavy atom. The summed E-state index contributed by atoms with van der Waals surface area (Å²) in [4.78, 5) is 22.8. The van der Waals surface area contributed by atoms with E-state index in [1.165, 1.54) is 0 Å². The minimum atomic E-state index is 0.384. The minimum Gasteiger partial charge on any atom is -0.382 e. The summed E-state index contributed by atoms with van der Waals surface area (Å²) in [5.41, 5.74) is 4.87. The van der Waals surface area contributed by atoms with E-state index in [1.807, 2.05) is 50.2 Å². The molecular formula is C23H23ClN4O2. The van der Waals surface area contributed by atoms with Gasteiger partial charge in [-0.2, -0.15) is 0 Å². The van der Waals surface area contributed by atoms with Gasteiger partial charge in [0.25, 0.3) is 0 Å². The summed E-state index contributed by atoms with van der Waals surface area (Å²) in [6, 6.07) is 17.3. The van der Waals surface area contributed by atoms with E-state index < -0.39 is 0 Å². The lowest BCUT2D eigenvalue weighted by molar-refractivity contribution is -0.105. The fourth-order valence-electron chi connectivity index (χ4n) is 2.68. The van der Waals surface area contributed by atoms with Gasteiger partial charge in [-0.1, -0.05) is 41.9 Å². The van der Waals surface area contributed by atoms with Gasteiger partial charge in [-0.3, -0.25) is 4.79 Å². The summed E-state index contributed by atoms with van der Waals surface area (Å²) in [6.07, 6.45) is 2.81. The maximum absolute atomic E-state index is 10.6. The molecule has 0 aliphatic rings. The first-order chi connectivity index (χ1) is 14.5. The molecule has 0 unspecified atom stereocenters. The molecule has 2 aromatic carbocycles. The SMILES string of the molecule is COC(C)C.O=CNc1ccc(Cl)c(-c2nc3ncc(-c4ccccc4)cc3[nH]2)c1. The highest BCUT2D eigenvalue weighted by Crippen LogP contribution is 2.30. The van der Waals surface area contributed by atoms with Crippen molar-refractivity contribution in [1.82, 2.24) is 15.0 Å². The summed E-state index contributed by atoms with van der Waals surface area (Å²) < 4.78 is 4.75. The number of hydrogen-bond donors (Lipinski definition) is 2. The van der Waals surface area contributed by atoms with Crippen molar-refractivity contribution in [1.29, 1.82) is 0 Å². The number of anilines is 1. The zero-order valence-electron chi connectivity index (χ0n) is 17.0. The molecule has 2 N–H and O–H groups in total. The largest absolute Gasteiger partial charge is 0.382 e. The second-order valence-electron chi connectivity index (χ2n) is 6.79. The van der Waals surface area contributed by atoms with E-state index in [4.69, 9.17) is 16.3 Å². The average Bonchev–Trinajstić information content (AvgIpc) is 3.19. The van der Waals surface area contributed by atoms with Crippen LogP contribution < -0.4 is 5.32 Å². The number of benzene rings is 2. The summed E-state index contributed by atoms with van der Waals surface area (Å²) >= 11 is 6.29. The fourth-order valence-corrected chi connectivity index (χ4v) is 2.89. The Bertz CT molecular complexity index is 1130. The van der Waals surface area contributed by atoms with Crippen LogP contribution in [0.5, 0.6) is 0 Å². The molecule has 0 saturated heterocycles. The molecule has 2 heterocycles. The third kappa shape index (κ3) is 5.23. The highest BCUT2D eigenvalue weighted by atomic mass is 35.5. The highest BCUT2D eigenvalue weighted by Gasteiger charge is 2.11. The first kappa shape index (κ1) is 21.5. The van der Waals surface area contributed by atoms with Crippen molar-refractivity contribution in [3.05, 3.63) is 65.8 Å². The Balaban J connectivity index is 0.000000461. The van der Waals surface area contributed by atoms with Crippen LogP contribution in [0, 0.1) is 0 Å². The quantitative estimate of drug-likeness (QED) is 0.413. The first-order valence-corrected chi connectivity index (χ1v) is 9.83. The summed E-state index contributed by atoms with van der Waals surface area (Å²) in [5, 5.41) is 3.15. The van der Waals surface area contributed by atoms with E-state index in [9.17, 15) is 4.79 Å². The number of aromatic nitrogens is 3. The maximum atomic E-state index is 10.6. The molecule has 1 amide bonds. The number of H-pyrrole nitrogens is 1. The molecule has 0 saturated carbocycles. The number of imidazole rings is 1. The van der Waals surface area contributed by atoms with Crippen LogP contribution in [0.15, 0.2) is 60.8 Å². The second kappa shape index (κ2) is 10.0. The fraction of sp³-hybridized carbons (Fsp3) is 0.174. The van der Waals surface area contributed by atoms with Gasteiger partial charge in [0.05, 0.1) is 16.6 Å². The monoisotopic (exact) mass is 422 g/mol. The van der Waals surface area contributed by atoms with Crippen molar-refractivity contribution < 1.29 is 9.53 Å². The molecule has 0 fully saturated rings. The number of carbonyl (C=O) groups is 1. The first-order valence-electron chi connectivity index (χ1n) is 9.46. The van der Waals surface area contributed by atoms with E-state index in [-0.39, 0.29) is 0 Å². The van der Waals surface area contributed by atoms with Crippen LogP contribution in [0.2, 0.25) is 5.02 Å². The molecule has 0 spiro atoms. The lowest BCUT2D eigenvalue weighted by Crippen LogP contribution is -1.94. The molecule has 154 valence electrons. The number of amides is 1. The number of fused-ring (bicyclic) bond motifs is 1. The second-order valence-corrected chi connectivity index (χ2v) is 7.20. The standard InChI is InChI=1S/C19H13ClN4O.C4H10O/c20-16-7-6-14(22-11-25)9-15(16)18-23-17-8-13(10-21-19(17)24-18)12-4-2-1-3-5-12;1-4(2)5-3/h1-11H,(H,22,25)(H,21,23,24);4H,1-3H3. The Morgan fingerprint density at radius 3 is 2.50 bits per heavy atom. The number of hydrogen-bond acceptors (Lipinski definition) is 4. The number of rotatable bonds is 5. The van der Waals surface area contributed by atoms with E-state index in [2.05, 4.69) is 20.3 Å². The van der Waals surface area contributed by atoms with Crippen LogP contribution in [-0.4, -0.2) is 34.6 Å². The normalized spacial score (nSPS) is 10.6. The number of pyridine rings is 1. The van der Waals surface area contributed by atoms with E-state index in [0.717, 1.165) is 16.6 Å². The van der Waals surface area contributed by atoms with Crippen molar-refractivity contribution >= 4 is 34.9 Å². The van der Waals surface area contributed by atoms with E-state index >= 15 is 0 Å². The van der Waals surface area contributed by atoms with Crippen molar-refractivity contribution in [3.8, 4) is 22.5 Å². The molecule has 0 bridgehead atoms. The van der Waals surface area contributed by atoms with Crippen molar-refractivity contribution in [3.63, 3.8) is 0 Å². The van der Waals surface area contributed by atoms with Crippen LogP contribution >= 0.6 is 11.6 Å². The number of nitrogens with zero attached hydrogens (tertiary/aromatic N) is 2. The van der Waals surface area contributed by atoms with Crippen LogP contribution in [0.4, 0.5) is 5.69 Å². The van der Waals surface area contributed by atoms with Gasteiger partial charge in [-0.05, 0) is 43.7 Å². The minimum absolute atomic E-state index is 0.384. The van der Waals surface area contributed by atoms with Gasteiger partial charge in [-0.25, -0.2) is 9.97 Å². The average molecular weight is 423 g/mol. The molecule has 30 heavy (non-hydrogen) atoms. The van der Waals surface area contributed by atoms with Gasteiger partial charge in [0, 0.05) is 30.1 Å². The smallest absolute Gasteiger partial charge is 0.211 e. The lowest BCUT2D eigenvalue weighted by Gasteiger charge is -2.04. The van der Waals surface area contributed by atoms with Gasteiger partial charge in [0.15, 0.2) is 5.65 Å². The number of methoxy groups -OCH3 is 1. The Kier molecular flexibility index (Phi) is 7.17. The molecule has 7 heteroatoms. The van der Waals surface area contributed by atoms with Gasteiger partial charge in [0.2, 0.25) is 6.41 Å². The number of carbonyl (C=O) groups excluding carboxylic acids is 1. The van der Waals surface area contributed by atoms with Crippen LogP contribution in [-0.2, 0) is 9.53 Å². The third-order valence-corrected chi connectivity index (χ3v) is 4.69. The predicted molar refractivity (Wildman–Crippen MR) is 122 cm³/mol. The number of nitrogens with one attached hydrogen (secondary N) is 2. The number of ether oxygens (including phenoxy) is 1. The third-order valence-electron chi connectivity index (χ3n) is 4.36. The van der Waals surface area contributed by atoms with Crippen LogP contribution in [0.3, 0.4) is 0 Å². The molecule has 0 radical (unpaired) electrons. The van der Waals surface area contributed by atoms with Crippen molar-refractivity contribution in [2.75, 3.05) is 12.4 Å².